The first-order valence-corrected chi connectivity index (χ1v) is 14.3. The van der Waals surface area contributed by atoms with E-state index in [4.69, 9.17) is 9.47 Å². The zero-order chi connectivity index (χ0) is 27.2. The highest BCUT2D eigenvalue weighted by Crippen LogP contribution is 2.37. The Hall–Kier alpha value is -2.50. The first-order valence-electron chi connectivity index (χ1n) is 13.2. The number of amides is 1. The molecule has 1 aliphatic heterocycles. The zero-order valence-electron chi connectivity index (χ0n) is 21.9. The maximum absolute atomic E-state index is 13.4. The molecule has 38 heavy (non-hydrogen) atoms. The molecule has 6 atom stereocenters. The molecule has 2 unspecified atom stereocenters. The third-order valence-corrected chi connectivity index (χ3v) is 8.51. The van der Waals surface area contributed by atoms with Crippen LogP contribution in [0.25, 0.3) is 0 Å². The number of nitrogens with one attached hydrogen (secondary N) is 1. The summed E-state index contributed by atoms with van der Waals surface area (Å²) < 4.78 is 26.5. The van der Waals surface area contributed by atoms with Crippen molar-refractivity contribution in [1.82, 2.24) is 9.62 Å². The van der Waals surface area contributed by atoms with Crippen molar-refractivity contribution in [1.29, 1.82) is 0 Å². The number of nitrogens with zero attached hydrogens (tertiary/aromatic N) is 1. The fourth-order valence-electron chi connectivity index (χ4n) is 5.21. The van der Waals surface area contributed by atoms with Crippen LogP contribution in [0, 0.1) is 11.8 Å². The molecule has 0 aromatic heterocycles. The lowest BCUT2D eigenvalue weighted by Gasteiger charge is -2.31. The quantitative estimate of drug-likeness (QED) is 0.249. The molecule has 2 fully saturated rings. The molecule has 9 nitrogen and oxygen atoms in total. The molecule has 208 valence electrons. The number of aliphatic hydroxyl groups is 1. The summed E-state index contributed by atoms with van der Waals surface area (Å²) >= 11 is -1.72. The fourth-order valence-corrected chi connectivity index (χ4v) is 6.63. The van der Waals surface area contributed by atoms with Gasteiger partial charge in [0, 0.05) is 25.6 Å². The van der Waals surface area contributed by atoms with Crippen LogP contribution in [-0.4, -0.2) is 74.3 Å². The second-order valence-corrected chi connectivity index (χ2v) is 12.1. The minimum Gasteiger partial charge on any atom is -0.593 e. The minimum absolute atomic E-state index is 0.00558. The molecule has 2 aromatic carbocycles. The first-order chi connectivity index (χ1) is 18.2. The van der Waals surface area contributed by atoms with Gasteiger partial charge in [0.1, 0.15) is 6.10 Å². The van der Waals surface area contributed by atoms with E-state index in [1.165, 1.54) is 18.2 Å². The van der Waals surface area contributed by atoms with E-state index in [1.54, 1.807) is 4.31 Å². The number of hydrogen-bond donors (Lipinski definition) is 4. The van der Waals surface area contributed by atoms with E-state index >= 15 is 0 Å². The molecule has 2 aliphatic rings. The first kappa shape index (κ1) is 28.5. The summed E-state index contributed by atoms with van der Waals surface area (Å²) in [6, 6.07) is 12.8. The molecular formula is C28H38N2O7S. The van der Waals surface area contributed by atoms with Gasteiger partial charge >= 0.3 is 6.09 Å². The predicted molar refractivity (Wildman–Crippen MR) is 143 cm³/mol. The van der Waals surface area contributed by atoms with E-state index in [9.17, 15) is 24.7 Å². The molecule has 1 saturated carbocycles. The minimum atomic E-state index is -1.72. The Balaban J connectivity index is 1.46. The molecule has 1 amide bonds. The van der Waals surface area contributed by atoms with Crippen molar-refractivity contribution in [2.45, 2.75) is 68.8 Å². The second kappa shape index (κ2) is 13.0. The summed E-state index contributed by atoms with van der Waals surface area (Å²) in [5, 5.41) is 33.7. The van der Waals surface area contributed by atoms with Gasteiger partial charge in [-0.15, -0.1) is 4.31 Å². The number of hydrogen-bond acceptors (Lipinski definition) is 8. The number of benzene rings is 2. The van der Waals surface area contributed by atoms with Crippen molar-refractivity contribution in [3.63, 3.8) is 0 Å². The number of phenols is 2. The van der Waals surface area contributed by atoms with Gasteiger partial charge in [0.05, 0.1) is 36.2 Å². The number of aliphatic hydroxyl groups excluding tert-OH is 1. The number of carbonyl (C=O) groups is 1. The van der Waals surface area contributed by atoms with Gasteiger partial charge < -0.3 is 34.7 Å². The number of alkyl carbamates (subject to hydrolysis) is 1. The summed E-state index contributed by atoms with van der Waals surface area (Å²) in [5.74, 6) is -0.109. The van der Waals surface area contributed by atoms with Crippen LogP contribution in [0.1, 0.15) is 38.7 Å². The van der Waals surface area contributed by atoms with Crippen LogP contribution in [0.5, 0.6) is 11.5 Å². The highest BCUT2D eigenvalue weighted by atomic mass is 32.2. The topological polar surface area (TPSA) is 135 Å². The van der Waals surface area contributed by atoms with E-state index in [0.717, 1.165) is 25.0 Å². The SMILES string of the molecule is CC(C)CN(C[C@@H](O)[C@H](Cc1ccccc1)NC(=O)OC1C[C@@H]2CCO[C@@H]2C1)[S+]([O-])c1ccc(O)c(O)c1. The van der Waals surface area contributed by atoms with Crippen molar-refractivity contribution in [2.24, 2.45) is 11.8 Å². The molecular weight excluding hydrogens is 508 g/mol. The van der Waals surface area contributed by atoms with Crippen molar-refractivity contribution in [2.75, 3.05) is 19.7 Å². The summed E-state index contributed by atoms with van der Waals surface area (Å²) in [4.78, 5) is 13.2. The van der Waals surface area contributed by atoms with Gasteiger partial charge in [-0.3, -0.25) is 0 Å². The Labute approximate surface area is 227 Å². The number of phenolic OH excluding ortho intramolecular Hbond substituents is 2. The summed E-state index contributed by atoms with van der Waals surface area (Å²) in [6.07, 6.45) is 1.10. The van der Waals surface area contributed by atoms with E-state index in [0.29, 0.717) is 30.2 Å². The normalized spacial score (nSPS) is 23.3. The molecule has 1 saturated heterocycles. The van der Waals surface area contributed by atoms with Crippen LogP contribution in [0.4, 0.5) is 4.79 Å². The van der Waals surface area contributed by atoms with Crippen molar-refractivity contribution < 1.29 is 34.1 Å². The fraction of sp³-hybridized carbons (Fsp3) is 0.536. The maximum atomic E-state index is 13.4. The Bertz CT molecular complexity index is 1040. The third-order valence-electron chi connectivity index (χ3n) is 7.09. The number of fused-ring (bicyclic) bond motifs is 1. The molecule has 10 heteroatoms. The summed E-state index contributed by atoms with van der Waals surface area (Å²) in [7, 11) is 0. The van der Waals surface area contributed by atoms with Crippen molar-refractivity contribution in [3.05, 3.63) is 54.1 Å². The molecule has 4 N–H and O–H groups in total. The van der Waals surface area contributed by atoms with Gasteiger partial charge in [-0.05, 0) is 48.8 Å². The molecule has 0 bridgehead atoms. The van der Waals surface area contributed by atoms with E-state index in [2.05, 4.69) is 5.32 Å². The van der Waals surface area contributed by atoms with Gasteiger partial charge in [-0.1, -0.05) is 44.2 Å². The van der Waals surface area contributed by atoms with Gasteiger partial charge in [0.2, 0.25) is 0 Å². The third kappa shape index (κ3) is 7.54. The monoisotopic (exact) mass is 546 g/mol. The highest BCUT2D eigenvalue weighted by Gasteiger charge is 2.40. The molecule has 0 spiro atoms. The van der Waals surface area contributed by atoms with Crippen LogP contribution in [0.3, 0.4) is 0 Å². The van der Waals surface area contributed by atoms with Gasteiger partial charge in [-0.25, -0.2) is 4.79 Å². The standard InChI is InChI=1S/C28H38N2O7S/c1-18(2)16-30(38(35)22-8-9-24(31)25(32)15-22)17-26(33)23(12-19-6-4-3-5-7-19)29-28(34)37-21-13-20-10-11-36-27(20)14-21/h3-9,15,18,20-21,23,26-27,31-33H,10-14,16-17H2,1-2H3,(H,29,34)/t20-,21?,23-,26+,27+,38?/m0/s1. The lowest BCUT2D eigenvalue weighted by atomic mass is 10.0. The molecule has 1 aliphatic carbocycles. The van der Waals surface area contributed by atoms with Gasteiger partial charge in [0.15, 0.2) is 16.4 Å². The Kier molecular flexibility index (Phi) is 9.78. The van der Waals surface area contributed by atoms with E-state index < -0.39 is 29.6 Å². The predicted octanol–water partition coefficient (Wildman–Crippen LogP) is 3.34. The lowest BCUT2D eigenvalue weighted by molar-refractivity contribution is 0.0554. The van der Waals surface area contributed by atoms with E-state index in [-0.39, 0.29) is 36.2 Å². The van der Waals surface area contributed by atoms with Crippen LogP contribution >= 0.6 is 0 Å². The largest absolute Gasteiger partial charge is 0.593 e. The lowest BCUT2D eigenvalue weighted by Crippen LogP contribution is -2.51. The second-order valence-electron chi connectivity index (χ2n) is 10.6. The zero-order valence-corrected chi connectivity index (χ0v) is 22.7. The molecule has 4 rings (SSSR count). The Morgan fingerprint density at radius 1 is 1.16 bits per heavy atom. The number of rotatable bonds is 11. The number of carbonyl (C=O) groups excluding carboxylic acids is 1. The van der Waals surface area contributed by atoms with Gasteiger partial charge in [0.25, 0.3) is 0 Å². The number of aromatic hydroxyl groups is 2. The molecule has 0 radical (unpaired) electrons. The van der Waals surface area contributed by atoms with Crippen LogP contribution in [0.2, 0.25) is 0 Å². The molecule has 2 aromatic rings. The van der Waals surface area contributed by atoms with Crippen molar-refractivity contribution >= 4 is 17.5 Å². The molecule has 1 heterocycles. The Morgan fingerprint density at radius 3 is 2.61 bits per heavy atom. The smallest absolute Gasteiger partial charge is 0.407 e. The summed E-state index contributed by atoms with van der Waals surface area (Å²) in [6.45, 7) is 5.12. The highest BCUT2D eigenvalue weighted by molar-refractivity contribution is 7.89. The van der Waals surface area contributed by atoms with Crippen LogP contribution in [0.15, 0.2) is 53.4 Å². The van der Waals surface area contributed by atoms with Crippen molar-refractivity contribution in [3.8, 4) is 11.5 Å². The maximum Gasteiger partial charge on any atom is 0.407 e. The average molecular weight is 547 g/mol. The van der Waals surface area contributed by atoms with Crippen LogP contribution < -0.4 is 5.32 Å². The van der Waals surface area contributed by atoms with E-state index in [1.807, 2.05) is 44.2 Å². The average Bonchev–Trinajstić information content (AvgIpc) is 3.46. The summed E-state index contributed by atoms with van der Waals surface area (Å²) in [5.41, 5.74) is 0.931. The Morgan fingerprint density at radius 2 is 1.92 bits per heavy atom. The van der Waals surface area contributed by atoms with Gasteiger partial charge in [-0.2, -0.15) is 0 Å². The van der Waals surface area contributed by atoms with Crippen LogP contribution in [-0.2, 0) is 27.3 Å². The number of ether oxygens (including phenoxy) is 2.